The Hall–Kier alpha value is -2.96. The predicted molar refractivity (Wildman–Crippen MR) is 82.8 cm³/mol. The standard InChI is InChI=1S/C17H18O7/c1-12(23-15(20)10-8-14(18)19)11-17(22)24-16(21)9-7-13-5-3-2-4-6-13/h2-6,8,10,12H,7,9,11H2,1H3,(H,18,19)/b10-8-. The fourth-order valence-corrected chi connectivity index (χ4v) is 1.76. The highest BCUT2D eigenvalue weighted by Gasteiger charge is 2.16. The molecule has 1 rings (SSSR count). The molecule has 24 heavy (non-hydrogen) atoms. The Morgan fingerprint density at radius 1 is 1.08 bits per heavy atom. The topological polar surface area (TPSA) is 107 Å². The van der Waals surface area contributed by atoms with Gasteiger partial charge in [-0.15, -0.1) is 0 Å². The smallest absolute Gasteiger partial charge is 0.331 e. The van der Waals surface area contributed by atoms with E-state index in [2.05, 4.69) is 4.74 Å². The van der Waals surface area contributed by atoms with Gasteiger partial charge in [0.25, 0.3) is 0 Å². The van der Waals surface area contributed by atoms with Gasteiger partial charge in [0.2, 0.25) is 0 Å². The van der Waals surface area contributed by atoms with Crippen molar-refractivity contribution in [3.8, 4) is 0 Å². The molecule has 1 aromatic rings. The summed E-state index contributed by atoms with van der Waals surface area (Å²) >= 11 is 0. The van der Waals surface area contributed by atoms with Crippen molar-refractivity contribution in [2.45, 2.75) is 32.3 Å². The van der Waals surface area contributed by atoms with Crippen LogP contribution in [0.25, 0.3) is 0 Å². The summed E-state index contributed by atoms with van der Waals surface area (Å²) in [5.74, 6) is -3.65. The van der Waals surface area contributed by atoms with Crippen molar-refractivity contribution in [2.24, 2.45) is 0 Å². The van der Waals surface area contributed by atoms with Crippen LogP contribution in [0.4, 0.5) is 0 Å². The van der Waals surface area contributed by atoms with E-state index in [9.17, 15) is 19.2 Å². The van der Waals surface area contributed by atoms with Gasteiger partial charge in [0.05, 0.1) is 12.8 Å². The second-order valence-corrected chi connectivity index (χ2v) is 4.95. The zero-order chi connectivity index (χ0) is 17.9. The quantitative estimate of drug-likeness (QED) is 0.437. The third kappa shape index (κ3) is 8.47. The number of esters is 3. The van der Waals surface area contributed by atoms with Crippen molar-refractivity contribution in [2.75, 3.05) is 0 Å². The fourth-order valence-electron chi connectivity index (χ4n) is 1.76. The fraction of sp³-hybridized carbons (Fsp3) is 0.294. The van der Waals surface area contributed by atoms with E-state index in [-0.39, 0.29) is 12.8 Å². The molecule has 7 nitrogen and oxygen atoms in total. The molecule has 0 aromatic heterocycles. The molecule has 0 fully saturated rings. The number of hydrogen-bond donors (Lipinski definition) is 1. The van der Waals surface area contributed by atoms with E-state index in [0.717, 1.165) is 11.6 Å². The molecule has 1 aromatic carbocycles. The number of ether oxygens (including phenoxy) is 2. The lowest BCUT2D eigenvalue weighted by atomic mass is 10.1. The lowest BCUT2D eigenvalue weighted by Crippen LogP contribution is -2.21. The maximum atomic E-state index is 11.6. The number of carboxylic acids is 1. The van der Waals surface area contributed by atoms with E-state index in [1.165, 1.54) is 6.92 Å². The van der Waals surface area contributed by atoms with Crippen molar-refractivity contribution in [3.63, 3.8) is 0 Å². The van der Waals surface area contributed by atoms with E-state index in [0.29, 0.717) is 12.5 Å². The first kappa shape index (κ1) is 19.1. The van der Waals surface area contributed by atoms with Gasteiger partial charge in [0.1, 0.15) is 6.10 Å². The molecule has 0 heterocycles. The van der Waals surface area contributed by atoms with Gasteiger partial charge in [0.15, 0.2) is 0 Å². The van der Waals surface area contributed by atoms with Crippen LogP contribution in [0, 0.1) is 0 Å². The van der Waals surface area contributed by atoms with Gasteiger partial charge in [-0.05, 0) is 18.9 Å². The third-order valence-electron chi connectivity index (χ3n) is 2.82. The van der Waals surface area contributed by atoms with Crippen molar-refractivity contribution >= 4 is 23.9 Å². The average molecular weight is 334 g/mol. The Bertz CT molecular complexity index is 619. The van der Waals surface area contributed by atoms with Crippen molar-refractivity contribution in [1.29, 1.82) is 0 Å². The van der Waals surface area contributed by atoms with Gasteiger partial charge in [0, 0.05) is 12.2 Å². The van der Waals surface area contributed by atoms with E-state index in [1.54, 1.807) is 0 Å². The maximum Gasteiger partial charge on any atom is 0.331 e. The number of aryl methyl sites for hydroxylation is 1. The van der Waals surface area contributed by atoms with Gasteiger partial charge in [-0.25, -0.2) is 9.59 Å². The number of rotatable bonds is 8. The first-order valence-corrected chi connectivity index (χ1v) is 7.26. The van der Waals surface area contributed by atoms with Gasteiger partial charge in [-0.1, -0.05) is 30.3 Å². The van der Waals surface area contributed by atoms with Crippen LogP contribution in [0.1, 0.15) is 25.3 Å². The molecule has 0 saturated heterocycles. The molecular weight excluding hydrogens is 316 g/mol. The molecule has 1 unspecified atom stereocenters. The highest BCUT2D eigenvalue weighted by molar-refractivity contribution is 5.91. The highest BCUT2D eigenvalue weighted by Crippen LogP contribution is 2.05. The van der Waals surface area contributed by atoms with Gasteiger partial charge < -0.3 is 14.6 Å². The van der Waals surface area contributed by atoms with Crippen LogP contribution in [0.5, 0.6) is 0 Å². The normalized spacial score (nSPS) is 11.7. The molecule has 0 aliphatic carbocycles. The van der Waals surface area contributed by atoms with Crippen LogP contribution < -0.4 is 0 Å². The lowest BCUT2D eigenvalue weighted by Gasteiger charge is -2.10. The summed E-state index contributed by atoms with van der Waals surface area (Å²) in [6.07, 6.45) is 0.729. The number of hydrogen-bond acceptors (Lipinski definition) is 6. The molecule has 0 saturated carbocycles. The van der Waals surface area contributed by atoms with Crippen LogP contribution in [-0.2, 0) is 35.1 Å². The largest absolute Gasteiger partial charge is 0.478 e. The maximum absolute atomic E-state index is 11.6. The van der Waals surface area contributed by atoms with Crippen LogP contribution in [0.3, 0.4) is 0 Å². The van der Waals surface area contributed by atoms with Crippen molar-refractivity contribution < 1.29 is 33.8 Å². The summed E-state index contributed by atoms with van der Waals surface area (Å²) in [5.41, 5.74) is 0.953. The number of carbonyl (C=O) groups is 4. The number of carbonyl (C=O) groups excluding carboxylic acids is 3. The van der Waals surface area contributed by atoms with E-state index < -0.39 is 30.0 Å². The second-order valence-electron chi connectivity index (χ2n) is 4.95. The minimum atomic E-state index is -1.29. The van der Waals surface area contributed by atoms with Crippen LogP contribution in [-0.4, -0.2) is 35.1 Å². The molecule has 0 radical (unpaired) electrons. The Morgan fingerprint density at radius 3 is 2.38 bits per heavy atom. The molecule has 0 bridgehead atoms. The Balaban J connectivity index is 2.30. The molecular formula is C17H18O7. The number of carboxylic acid groups (broad SMARTS) is 1. The zero-order valence-electron chi connectivity index (χ0n) is 13.1. The molecule has 7 heteroatoms. The van der Waals surface area contributed by atoms with Gasteiger partial charge in [-0.3, -0.25) is 9.59 Å². The SMILES string of the molecule is CC(CC(=O)OC(=O)CCc1ccccc1)OC(=O)/C=C\C(=O)O. The lowest BCUT2D eigenvalue weighted by molar-refractivity contribution is -0.161. The molecule has 0 aliphatic heterocycles. The average Bonchev–Trinajstić information content (AvgIpc) is 2.51. The van der Waals surface area contributed by atoms with Gasteiger partial charge in [-0.2, -0.15) is 0 Å². The Kier molecular flexibility index (Phi) is 7.90. The molecule has 128 valence electrons. The zero-order valence-corrected chi connectivity index (χ0v) is 13.1. The van der Waals surface area contributed by atoms with Crippen LogP contribution >= 0.6 is 0 Å². The monoisotopic (exact) mass is 334 g/mol. The van der Waals surface area contributed by atoms with Gasteiger partial charge >= 0.3 is 23.9 Å². The summed E-state index contributed by atoms with van der Waals surface area (Å²) < 4.78 is 9.42. The summed E-state index contributed by atoms with van der Waals surface area (Å²) in [6, 6.07) is 9.28. The molecule has 0 spiro atoms. The molecule has 0 aliphatic rings. The van der Waals surface area contributed by atoms with Crippen molar-refractivity contribution in [3.05, 3.63) is 48.0 Å². The first-order chi connectivity index (χ1) is 11.4. The third-order valence-corrected chi connectivity index (χ3v) is 2.82. The number of benzene rings is 1. The van der Waals surface area contributed by atoms with E-state index in [4.69, 9.17) is 9.84 Å². The van der Waals surface area contributed by atoms with Crippen LogP contribution in [0.2, 0.25) is 0 Å². The summed E-state index contributed by atoms with van der Waals surface area (Å²) in [6.45, 7) is 1.43. The second kappa shape index (κ2) is 9.94. The summed E-state index contributed by atoms with van der Waals surface area (Å²) in [5, 5.41) is 8.37. The van der Waals surface area contributed by atoms with Crippen LogP contribution in [0.15, 0.2) is 42.5 Å². The Labute approximate surface area is 138 Å². The molecule has 1 atom stereocenters. The van der Waals surface area contributed by atoms with E-state index in [1.807, 2.05) is 30.3 Å². The molecule has 0 amide bonds. The Morgan fingerprint density at radius 2 is 1.75 bits per heavy atom. The van der Waals surface area contributed by atoms with E-state index >= 15 is 0 Å². The predicted octanol–water partition coefficient (Wildman–Crippen LogP) is 1.65. The summed E-state index contributed by atoms with van der Waals surface area (Å²) in [4.78, 5) is 44.6. The minimum absolute atomic E-state index is 0.0608. The minimum Gasteiger partial charge on any atom is -0.478 e. The summed E-state index contributed by atoms with van der Waals surface area (Å²) in [7, 11) is 0. The first-order valence-electron chi connectivity index (χ1n) is 7.26. The molecule has 1 N–H and O–H groups in total. The highest BCUT2D eigenvalue weighted by atomic mass is 16.6. The van der Waals surface area contributed by atoms with Crippen molar-refractivity contribution in [1.82, 2.24) is 0 Å². The number of aliphatic carboxylic acids is 1.